The second-order valence-electron chi connectivity index (χ2n) is 5.87. The average Bonchev–Trinajstić information content (AvgIpc) is 2.52. The Kier molecular flexibility index (Phi) is 4.80. The molecule has 3 nitrogen and oxygen atoms in total. The zero-order valence-electron chi connectivity index (χ0n) is 13.2. The van der Waals surface area contributed by atoms with Crippen LogP contribution in [-0.4, -0.2) is 13.0 Å². The van der Waals surface area contributed by atoms with Crippen molar-refractivity contribution in [3.8, 4) is 0 Å². The lowest BCUT2D eigenvalue weighted by atomic mass is 9.77. The molecular weight excluding hydrogens is 360 g/mol. The monoisotopic (exact) mass is 373 g/mol. The molecule has 0 aliphatic heterocycles. The molecule has 2 rings (SSSR count). The molecule has 25 heavy (non-hydrogen) atoms. The lowest BCUT2D eigenvalue weighted by molar-refractivity contribution is 0.375. The van der Waals surface area contributed by atoms with E-state index in [1.54, 1.807) is 12.1 Å². The van der Waals surface area contributed by atoms with E-state index >= 15 is 0 Å². The molecule has 0 spiro atoms. The van der Waals surface area contributed by atoms with Gasteiger partial charge in [-0.1, -0.05) is 50.8 Å². The fourth-order valence-electron chi connectivity index (χ4n) is 2.56. The maximum atomic E-state index is 14.4. The van der Waals surface area contributed by atoms with E-state index in [1.165, 1.54) is 32.1 Å². The van der Waals surface area contributed by atoms with Crippen molar-refractivity contribution >= 4 is 16.2 Å². The minimum atomic E-state index is -5.74. The molecule has 0 saturated carbocycles. The second-order valence-corrected chi connectivity index (χ2v) is 7.18. The van der Waals surface area contributed by atoms with Gasteiger partial charge in [-0.05, 0) is 11.1 Å². The molecule has 2 aromatic rings. The van der Waals surface area contributed by atoms with Crippen LogP contribution in [0.15, 0.2) is 35.7 Å². The molecule has 0 atom stereocenters. The molecule has 0 radical (unpaired) electrons. The van der Waals surface area contributed by atoms with Gasteiger partial charge in [0.05, 0.1) is 0 Å². The van der Waals surface area contributed by atoms with Crippen LogP contribution in [0.3, 0.4) is 0 Å². The third kappa shape index (κ3) is 3.19. The van der Waals surface area contributed by atoms with E-state index < -0.39 is 49.3 Å². The van der Waals surface area contributed by atoms with Crippen LogP contribution in [0.5, 0.6) is 0 Å². The zero-order valence-corrected chi connectivity index (χ0v) is 14.1. The Hall–Kier alpha value is -2.19. The summed E-state index contributed by atoms with van der Waals surface area (Å²) in [6.45, 7) is 6.17. The van der Waals surface area contributed by atoms with Gasteiger partial charge in [-0.25, -0.2) is 26.0 Å². The fourth-order valence-corrected chi connectivity index (χ4v) is 3.18. The molecule has 0 N–H and O–H groups in total. The van der Waals surface area contributed by atoms with E-state index in [2.05, 4.69) is 6.58 Å². The topological polar surface area (TPSA) is 57.2 Å². The molecule has 0 saturated heterocycles. The summed E-state index contributed by atoms with van der Waals surface area (Å²) in [4.78, 5) is -2.16. The first-order chi connectivity index (χ1) is 11.4. The van der Waals surface area contributed by atoms with Crippen LogP contribution in [-0.2, 0) is 15.5 Å². The van der Waals surface area contributed by atoms with Crippen LogP contribution in [0.1, 0.15) is 30.5 Å². The molecule has 134 valence electrons. The van der Waals surface area contributed by atoms with Crippen molar-refractivity contribution in [1.82, 2.24) is 0 Å². The first kappa shape index (κ1) is 19.1. The molecule has 0 heterocycles. The highest BCUT2D eigenvalue weighted by Gasteiger charge is 2.37. The highest BCUT2D eigenvalue weighted by atomic mass is 32.2. The molecule has 0 aliphatic rings. The quantitative estimate of drug-likeness (QED) is 0.460. The number of hydrogen-bond acceptors (Lipinski definition) is 3. The van der Waals surface area contributed by atoms with E-state index in [0.29, 0.717) is 11.1 Å². The summed E-state index contributed by atoms with van der Waals surface area (Å²) in [7, 11) is -5.74. The van der Waals surface area contributed by atoms with E-state index in [9.17, 15) is 30.5 Å². The molecule has 0 bridgehead atoms. The summed E-state index contributed by atoms with van der Waals surface area (Å²) in [6, 6.07) is 6.15. The van der Waals surface area contributed by atoms with Crippen molar-refractivity contribution in [3.63, 3.8) is 0 Å². The maximum Gasteiger partial charge on any atom is 0.179 e. The van der Waals surface area contributed by atoms with Crippen LogP contribution in [0.25, 0.3) is 6.08 Å². The van der Waals surface area contributed by atoms with Crippen LogP contribution < -0.4 is 0 Å². The van der Waals surface area contributed by atoms with Gasteiger partial charge >= 0.3 is 0 Å². The van der Waals surface area contributed by atoms with Crippen molar-refractivity contribution in [2.75, 3.05) is 0 Å². The SMILES string of the molecule is C=Cc1ccc(C(C)(C)c2c(F)c(F)c(S(=O)(=O)[O-])c(F)c2F)cc1. The predicted octanol–water partition coefficient (Wildman–Crippen LogP) is 4.12. The molecule has 0 amide bonds. The maximum absolute atomic E-state index is 14.4. The summed E-state index contributed by atoms with van der Waals surface area (Å²) in [5, 5.41) is 0. The minimum Gasteiger partial charge on any atom is -0.744 e. The van der Waals surface area contributed by atoms with E-state index in [1.807, 2.05) is 0 Å². The second kappa shape index (κ2) is 6.27. The first-order valence-corrected chi connectivity index (χ1v) is 8.39. The zero-order chi connectivity index (χ0) is 19.2. The van der Waals surface area contributed by atoms with E-state index in [0.717, 1.165) is 0 Å². The van der Waals surface area contributed by atoms with Gasteiger partial charge in [-0.15, -0.1) is 0 Å². The largest absolute Gasteiger partial charge is 0.744 e. The van der Waals surface area contributed by atoms with Gasteiger partial charge in [-0.3, -0.25) is 0 Å². The number of hydrogen-bond donors (Lipinski definition) is 0. The van der Waals surface area contributed by atoms with Crippen molar-refractivity contribution < 1.29 is 30.5 Å². The third-order valence-electron chi connectivity index (χ3n) is 3.97. The Labute approximate surface area is 142 Å². The van der Waals surface area contributed by atoms with Gasteiger partial charge in [0.25, 0.3) is 0 Å². The highest BCUT2D eigenvalue weighted by molar-refractivity contribution is 7.85. The van der Waals surface area contributed by atoms with Crippen LogP contribution in [0, 0.1) is 23.3 Å². The number of halogens is 4. The van der Waals surface area contributed by atoms with Gasteiger partial charge in [0, 0.05) is 11.0 Å². The molecule has 0 aliphatic carbocycles. The van der Waals surface area contributed by atoms with Gasteiger partial charge in [0.2, 0.25) is 0 Å². The van der Waals surface area contributed by atoms with Gasteiger partial charge in [0.1, 0.15) is 15.0 Å². The Morgan fingerprint density at radius 1 is 0.960 bits per heavy atom. The number of rotatable bonds is 4. The Bertz CT molecular complexity index is 920. The summed E-state index contributed by atoms with van der Waals surface area (Å²) in [5.41, 5.74) is -1.54. The standard InChI is InChI=1S/C17H14F4O3S/c1-4-9-5-7-10(8-6-9)17(2,3)11-12(18)14(20)16(25(22,23)24)15(21)13(11)19/h4-8H,1H2,2-3H3,(H,22,23,24)/p-1. The molecule has 8 heteroatoms. The normalized spacial score (nSPS) is 12.3. The molecule has 0 unspecified atom stereocenters. The van der Waals surface area contributed by atoms with E-state index in [-0.39, 0.29) is 0 Å². The Morgan fingerprint density at radius 2 is 1.40 bits per heavy atom. The molecule has 0 fully saturated rings. The predicted molar refractivity (Wildman–Crippen MR) is 82.9 cm³/mol. The summed E-state index contributed by atoms with van der Waals surface area (Å²) in [5.74, 6) is -8.32. The molecular formula is C17H13F4O3S-. The Balaban J connectivity index is 2.80. The summed E-state index contributed by atoms with van der Waals surface area (Å²) >= 11 is 0. The van der Waals surface area contributed by atoms with Crippen molar-refractivity contribution in [3.05, 3.63) is 70.8 Å². The van der Waals surface area contributed by atoms with Crippen LogP contribution >= 0.6 is 0 Å². The average molecular weight is 373 g/mol. The fraction of sp³-hybridized carbons (Fsp3) is 0.176. The van der Waals surface area contributed by atoms with Gasteiger partial charge in [0.15, 0.2) is 23.3 Å². The van der Waals surface area contributed by atoms with Gasteiger partial charge < -0.3 is 4.55 Å². The van der Waals surface area contributed by atoms with Crippen molar-refractivity contribution in [1.29, 1.82) is 0 Å². The van der Waals surface area contributed by atoms with Crippen molar-refractivity contribution in [2.45, 2.75) is 24.2 Å². The third-order valence-corrected chi connectivity index (χ3v) is 4.82. The van der Waals surface area contributed by atoms with Crippen LogP contribution in [0.2, 0.25) is 0 Å². The van der Waals surface area contributed by atoms with Crippen LogP contribution in [0.4, 0.5) is 17.6 Å². The summed E-state index contributed by atoms with van der Waals surface area (Å²) < 4.78 is 89.4. The minimum absolute atomic E-state index is 0.312. The van der Waals surface area contributed by atoms with Gasteiger partial charge in [-0.2, -0.15) is 0 Å². The van der Waals surface area contributed by atoms with E-state index in [4.69, 9.17) is 0 Å². The lowest BCUT2D eigenvalue weighted by Crippen LogP contribution is -2.26. The highest BCUT2D eigenvalue weighted by Crippen LogP contribution is 2.39. The smallest absolute Gasteiger partial charge is 0.179 e. The van der Waals surface area contributed by atoms with Crippen molar-refractivity contribution in [2.24, 2.45) is 0 Å². The number of benzene rings is 2. The molecule has 0 aromatic heterocycles. The Morgan fingerprint density at radius 3 is 1.76 bits per heavy atom. The lowest BCUT2D eigenvalue weighted by Gasteiger charge is -2.28. The molecule has 2 aromatic carbocycles. The first-order valence-electron chi connectivity index (χ1n) is 6.98. The summed E-state index contributed by atoms with van der Waals surface area (Å²) in [6.07, 6.45) is 1.53.